The molecule has 2 rings (SSSR count). The second-order valence-electron chi connectivity index (χ2n) is 4.16. The topological polar surface area (TPSA) is 85.1 Å². The average Bonchev–Trinajstić information content (AvgIpc) is 2.38. The molecule has 0 saturated carbocycles. The van der Waals surface area contributed by atoms with E-state index in [4.69, 9.17) is 5.73 Å². The highest BCUT2D eigenvalue weighted by Crippen LogP contribution is 2.17. The Balaban J connectivity index is 2.20. The summed E-state index contributed by atoms with van der Waals surface area (Å²) in [5.41, 5.74) is 7.73. The fraction of sp³-hybridized carbons (Fsp3) is 0.154. The summed E-state index contributed by atoms with van der Waals surface area (Å²) in [7, 11) is -3.60. The number of benzene rings is 1. The van der Waals surface area contributed by atoms with Gasteiger partial charge in [-0.25, -0.2) is 13.1 Å². The van der Waals surface area contributed by atoms with Crippen LogP contribution in [0.1, 0.15) is 11.1 Å². The maximum Gasteiger partial charge on any atom is 0.242 e. The van der Waals surface area contributed by atoms with Crippen molar-refractivity contribution in [3.8, 4) is 0 Å². The lowest BCUT2D eigenvalue weighted by Crippen LogP contribution is -2.24. The molecule has 0 aliphatic rings. The molecule has 1 heterocycles. The van der Waals surface area contributed by atoms with Gasteiger partial charge in [0.1, 0.15) is 4.90 Å². The van der Waals surface area contributed by atoms with Gasteiger partial charge in [0.2, 0.25) is 10.0 Å². The van der Waals surface area contributed by atoms with E-state index in [1.54, 1.807) is 36.7 Å². The number of nitrogens with zero attached hydrogens (tertiary/aromatic N) is 1. The van der Waals surface area contributed by atoms with E-state index in [1.807, 2.05) is 6.92 Å². The predicted octanol–water partition coefficient (Wildman–Crippen LogP) is 1.45. The SMILES string of the molecule is Cc1cnccc1CNS(=O)(=O)c1ccccc1N. The lowest BCUT2D eigenvalue weighted by atomic mass is 10.2. The standard InChI is InChI=1S/C13H15N3O2S/c1-10-8-15-7-6-11(10)9-16-19(17,18)13-5-3-2-4-12(13)14/h2-8,16H,9,14H2,1H3. The van der Waals surface area contributed by atoms with Gasteiger partial charge >= 0.3 is 0 Å². The van der Waals surface area contributed by atoms with Crippen LogP contribution < -0.4 is 10.5 Å². The zero-order valence-electron chi connectivity index (χ0n) is 10.5. The van der Waals surface area contributed by atoms with E-state index < -0.39 is 10.0 Å². The van der Waals surface area contributed by atoms with E-state index in [0.29, 0.717) is 0 Å². The Morgan fingerprint density at radius 1 is 1.26 bits per heavy atom. The first-order valence-corrected chi connectivity index (χ1v) is 7.22. The van der Waals surface area contributed by atoms with E-state index in [0.717, 1.165) is 11.1 Å². The van der Waals surface area contributed by atoms with Gasteiger partial charge < -0.3 is 5.73 Å². The first-order chi connectivity index (χ1) is 9.00. The Hall–Kier alpha value is -1.92. The van der Waals surface area contributed by atoms with Crippen molar-refractivity contribution in [2.75, 3.05) is 5.73 Å². The molecule has 6 heteroatoms. The highest BCUT2D eigenvalue weighted by molar-refractivity contribution is 7.89. The monoisotopic (exact) mass is 277 g/mol. The molecule has 0 aliphatic heterocycles. The molecule has 5 nitrogen and oxygen atoms in total. The molecule has 0 amide bonds. The number of aromatic nitrogens is 1. The number of sulfonamides is 1. The molecule has 0 atom stereocenters. The minimum Gasteiger partial charge on any atom is -0.398 e. The highest BCUT2D eigenvalue weighted by atomic mass is 32.2. The molecule has 0 spiro atoms. The zero-order valence-corrected chi connectivity index (χ0v) is 11.3. The molecule has 0 bridgehead atoms. The summed E-state index contributed by atoms with van der Waals surface area (Å²) in [6.07, 6.45) is 3.33. The third-order valence-electron chi connectivity index (χ3n) is 2.80. The molecule has 1 aromatic carbocycles. The minimum atomic E-state index is -3.60. The van der Waals surface area contributed by atoms with E-state index in [2.05, 4.69) is 9.71 Å². The van der Waals surface area contributed by atoms with Crippen LogP contribution >= 0.6 is 0 Å². The Kier molecular flexibility index (Phi) is 3.82. The number of hydrogen-bond donors (Lipinski definition) is 2. The zero-order chi connectivity index (χ0) is 13.9. The summed E-state index contributed by atoms with van der Waals surface area (Å²) in [5, 5.41) is 0. The molecule has 19 heavy (non-hydrogen) atoms. The molecule has 0 saturated heterocycles. The van der Waals surface area contributed by atoms with Gasteiger partial charge in [0.25, 0.3) is 0 Å². The Morgan fingerprint density at radius 2 is 2.00 bits per heavy atom. The van der Waals surface area contributed by atoms with Crippen LogP contribution in [0.3, 0.4) is 0 Å². The molecular formula is C13H15N3O2S. The number of nitrogens with one attached hydrogen (secondary N) is 1. The maximum atomic E-state index is 12.1. The predicted molar refractivity (Wildman–Crippen MR) is 73.9 cm³/mol. The van der Waals surface area contributed by atoms with Gasteiger partial charge in [-0.05, 0) is 36.2 Å². The van der Waals surface area contributed by atoms with Crippen molar-refractivity contribution < 1.29 is 8.42 Å². The smallest absolute Gasteiger partial charge is 0.242 e. The van der Waals surface area contributed by atoms with Crippen LogP contribution in [-0.4, -0.2) is 13.4 Å². The van der Waals surface area contributed by atoms with Gasteiger partial charge in [-0.2, -0.15) is 0 Å². The molecule has 0 aliphatic carbocycles. The third kappa shape index (κ3) is 3.10. The van der Waals surface area contributed by atoms with Gasteiger partial charge in [-0.3, -0.25) is 4.98 Å². The third-order valence-corrected chi connectivity index (χ3v) is 4.27. The Morgan fingerprint density at radius 3 is 2.68 bits per heavy atom. The summed E-state index contributed by atoms with van der Waals surface area (Å²) in [4.78, 5) is 4.06. The summed E-state index contributed by atoms with van der Waals surface area (Å²) in [5.74, 6) is 0. The second-order valence-corrected chi connectivity index (χ2v) is 5.90. The van der Waals surface area contributed by atoms with E-state index in [-0.39, 0.29) is 17.1 Å². The minimum absolute atomic E-state index is 0.0988. The molecule has 0 radical (unpaired) electrons. The molecule has 1 aromatic heterocycles. The van der Waals surface area contributed by atoms with Crippen molar-refractivity contribution in [3.05, 3.63) is 53.9 Å². The quantitative estimate of drug-likeness (QED) is 0.828. The maximum absolute atomic E-state index is 12.1. The lowest BCUT2D eigenvalue weighted by Gasteiger charge is -2.10. The lowest BCUT2D eigenvalue weighted by molar-refractivity contribution is 0.581. The fourth-order valence-corrected chi connectivity index (χ4v) is 2.81. The Bertz CT molecular complexity index is 684. The summed E-state index contributed by atoms with van der Waals surface area (Å²) in [6.45, 7) is 2.10. The first-order valence-electron chi connectivity index (χ1n) is 5.74. The number of hydrogen-bond acceptors (Lipinski definition) is 4. The van der Waals surface area contributed by atoms with Crippen LogP contribution in [0.5, 0.6) is 0 Å². The number of nitrogen functional groups attached to an aromatic ring is 1. The van der Waals surface area contributed by atoms with Crippen LogP contribution in [0.4, 0.5) is 5.69 Å². The van der Waals surface area contributed by atoms with E-state index in [9.17, 15) is 8.42 Å². The number of anilines is 1. The normalized spacial score (nSPS) is 11.4. The van der Waals surface area contributed by atoms with Gasteiger partial charge in [0, 0.05) is 18.9 Å². The van der Waals surface area contributed by atoms with Gasteiger partial charge in [0.15, 0.2) is 0 Å². The van der Waals surface area contributed by atoms with Crippen molar-refractivity contribution in [2.45, 2.75) is 18.4 Å². The van der Waals surface area contributed by atoms with Crippen LogP contribution in [0.15, 0.2) is 47.6 Å². The van der Waals surface area contributed by atoms with Crippen LogP contribution in [0.2, 0.25) is 0 Å². The van der Waals surface area contributed by atoms with Crippen molar-refractivity contribution in [1.29, 1.82) is 0 Å². The van der Waals surface area contributed by atoms with E-state index in [1.165, 1.54) is 6.07 Å². The van der Waals surface area contributed by atoms with E-state index >= 15 is 0 Å². The summed E-state index contributed by atoms with van der Waals surface area (Å²) >= 11 is 0. The Labute approximate surface area is 112 Å². The number of rotatable bonds is 4. The number of aryl methyl sites for hydroxylation is 1. The average molecular weight is 277 g/mol. The largest absolute Gasteiger partial charge is 0.398 e. The summed E-state index contributed by atoms with van der Waals surface area (Å²) in [6, 6.07) is 8.17. The molecule has 2 aromatic rings. The molecule has 0 fully saturated rings. The van der Waals surface area contributed by atoms with Crippen LogP contribution in [-0.2, 0) is 16.6 Å². The van der Waals surface area contributed by atoms with Crippen LogP contribution in [0, 0.1) is 6.92 Å². The number of pyridine rings is 1. The molecule has 0 unspecified atom stereocenters. The van der Waals surface area contributed by atoms with Crippen LogP contribution in [0.25, 0.3) is 0 Å². The molecular weight excluding hydrogens is 262 g/mol. The van der Waals surface area contributed by atoms with Gasteiger partial charge in [-0.1, -0.05) is 12.1 Å². The van der Waals surface area contributed by atoms with Gasteiger partial charge in [0.05, 0.1) is 5.69 Å². The first kappa shape index (κ1) is 13.5. The van der Waals surface area contributed by atoms with Crippen molar-refractivity contribution in [2.24, 2.45) is 0 Å². The van der Waals surface area contributed by atoms with Crippen molar-refractivity contribution in [1.82, 2.24) is 9.71 Å². The second kappa shape index (κ2) is 5.38. The van der Waals surface area contributed by atoms with Crippen molar-refractivity contribution in [3.63, 3.8) is 0 Å². The van der Waals surface area contributed by atoms with Gasteiger partial charge in [-0.15, -0.1) is 0 Å². The number of nitrogens with two attached hydrogens (primary N) is 1. The number of para-hydroxylation sites is 1. The fourth-order valence-electron chi connectivity index (χ4n) is 1.68. The highest BCUT2D eigenvalue weighted by Gasteiger charge is 2.16. The van der Waals surface area contributed by atoms with Crippen molar-refractivity contribution >= 4 is 15.7 Å². The molecule has 100 valence electrons. The molecule has 3 N–H and O–H groups in total. The summed E-state index contributed by atoms with van der Waals surface area (Å²) < 4.78 is 26.8.